The van der Waals surface area contributed by atoms with E-state index in [9.17, 15) is 14.4 Å². The molecule has 0 bridgehead atoms. The summed E-state index contributed by atoms with van der Waals surface area (Å²) >= 11 is 0. The minimum absolute atomic E-state index is 0.0163. The molecule has 1 heterocycles. The summed E-state index contributed by atoms with van der Waals surface area (Å²) in [6, 6.07) is 3.56. The van der Waals surface area contributed by atoms with Gasteiger partial charge in [-0.3, -0.25) is 9.59 Å². The van der Waals surface area contributed by atoms with Crippen LogP contribution in [0.3, 0.4) is 0 Å². The number of amides is 1. The number of benzene rings is 1. The predicted molar refractivity (Wildman–Crippen MR) is 87.5 cm³/mol. The Morgan fingerprint density at radius 1 is 1.25 bits per heavy atom. The van der Waals surface area contributed by atoms with Crippen molar-refractivity contribution < 1.29 is 23.8 Å². The van der Waals surface area contributed by atoms with E-state index in [4.69, 9.17) is 14.3 Å². The summed E-state index contributed by atoms with van der Waals surface area (Å²) in [7, 11) is 1.54. The summed E-state index contributed by atoms with van der Waals surface area (Å²) in [6.07, 6.45) is -0.329. The van der Waals surface area contributed by atoms with Gasteiger partial charge in [0, 0.05) is 17.5 Å². The minimum atomic E-state index is -0.999. The van der Waals surface area contributed by atoms with Crippen molar-refractivity contribution in [3.05, 3.63) is 39.2 Å². The second-order valence-corrected chi connectivity index (χ2v) is 5.43. The SMILES string of the molecule is COc1ccc2c(C)c(CC(=O)NCCC(=O)O)c(=O)oc2c1C. The fraction of sp³-hybridized carbons (Fsp3) is 0.353. The summed E-state index contributed by atoms with van der Waals surface area (Å²) in [5.41, 5.74) is 1.50. The van der Waals surface area contributed by atoms with E-state index in [1.54, 1.807) is 26.0 Å². The second-order valence-electron chi connectivity index (χ2n) is 5.43. The van der Waals surface area contributed by atoms with Crippen molar-refractivity contribution >= 4 is 22.8 Å². The largest absolute Gasteiger partial charge is 0.496 e. The van der Waals surface area contributed by atoms with Crippen molar-refractivity contribution in [3.8, 4) is 5.75 Å². The number of aryl methyl sites for hydroxylation is 2. The molecule has 2 rings (SSSR count). The number of carbonyl (C=O) groups is 2. The van der Waals surface area contributed by atoms with E-state index in [0.717, 1.165) is 5.39 Å². The Balaban J connectivity index is 2.33. The van der Waals surface area contributed by atoms with Gasteiger partial charge in [-0.15, -0.1) is 0 Å². The molecule has 1 amide bonds. The van der Waals surface area contributed by atoms with E-state index in [-0.39, 0.29) is 24.9 Å². The molecule has 2 N–H and O–H groups in total. The normalized spacial score (nSPS) is 10.6. The number of carbonyl (C=O) groups excluding carboxylic acids is 1. The van der Waals surface area contributed by atoms with Crippen molar-refractivity contribution in [1.82, 2.24) is 5.32 Å². The van der Waals surface area contributed by atoms with E-state index in [2.05, 4.69) is 5.32 Å². The summed E-state index contributed by atoms with van der Waals surface area (Å²) in [4.78, 5) is 34.6. The Bertz CT molecular complexity index is 852. The molecule has 7 nitrogen and oxygen atoms in total. The van der Waals surface area contributed by atoms with Gasteiger partial charge in [0.05, 0.1) is 25.5 Å². The highest BCUT2D eigenvalue weighted by Gasteiger charge is 2.17. The fourth-order valence-corrected chi connectivity index (χ4v) is 2.53. The molecule has 0 atom stereocenters. The number of ether oxygens (including phenoxy) is 1. The first-order valence-corrected chi connectivity index (χ1v) is 7.43. The Kier molecular flexibility index (Phi) is 5.23. The van der Waals surface area contributed by atoms with Gasteiger partial charge < -0.3 is 19.6 Å². The lowest BCUT2D eigenvalue weighted by Gasteiger charge is -2.11. The highest BCUT2D eigenvalue weighted by molar-refractivity contribution is 5.87. The van der Waals surface area contributed by atoms with Crippen LogP contribution in [0.15, 0.2) is 21.3 Å². The highest BCUT2D eigenvalue weighted by Crippen LogP contribution is 2.29. The molecular formula is C17H19NO6. The first-order valence-electron chi connectivity index (χ1n) is 7.43. The van der Waals surface area contributed by atoms with E-state index >= 15 is 0 Å². The zero-order chi connectivity index (χ0) is 17.9. The number of aliphatic carboxylic acids is 1. The monoisotopic (exact) mass is 333 g/mol. The second kappa shape index (κ2) is 7.16. The first kappa shape index (κ1) is 17.5. The van der Waals surface area contributed by atoms with Crippen LogP contribution in [0, 0.1) is 13.8 Å². The van der Waals surface area contributed by atoms with Gasteiger partial charge in [-0.1, -0.05) is 0 Å². The molecule has 0 aliphatic rings. The summed E-state index contributed by atoms with van der Waals surface area (Å²) in [6.45, 7) is 3.56. The van der Waals surface area contributed by atoms with Crippen LogP contribution in [-0.4, -0.2) is 30.6 Å². The maximum Gasteiger partial charge on any atom is 0.340 e. The molecule has 0 saturated heterocycles. The van der Waals surface area contributed by atoms with Crippen molar-refractivity contribution in [3.63, 3.8) is 0 Å². The first-order chi connectivity index (χ1) is 11.3. The molecule has 0 radical (unpaired) electrons. The molecule has 0 spiro atoms. The van der Waals surface area contributed by atoms with Crippen LogP contribution in [0.4, 0.5) is 0 Å². The fourth-order valence-electron chi connectivity index (χ4n) is 2.53. The zero-order valence-electron chi connectivity index (χ0n) is 13.8. The number of fused-ring (bicyclic) bond motifs is 1. The molecule has 24 heavy (non-hydrogen) atoms. The van der Waals surface area contributed by atoms with E-state index in [1.165, 1.54) is 7.11 Å². The van der Waals surface area contributed by atoms with Gasteiger partial charge in [-0.2, -0.15) is 0 Å². The predicted octanol–water partition coefficient (Wildman–Crippen LogP) is 1.55. The molecule has 0 unspecified atom stereocenters. The van der Waals surface area contributed by atoms with Crippen LogP contribution >= 0.6 is 0 Å². The molecule has 2 aromatic rings. The standard InChI is InChI=1S/C17H19NO6/c1-9-11-4-5-13(23-3)10(2)16(11)24-17(22)12(9)8-14(19)18-7-6-15(20)21/h4-5H,6-8H2,1-3H3,(H,18,19)(H,20,21). The molecular weight excluding hydrogens is 314 g/mol. The van der Waals surface area contributed by atoms with Crippen LogP contribution in [0.1, 0.15) is 23.1 Å². The quantitative estimate of drug-likeness (QED) is 0.777. The topological polar surface area (TPSA) is 106 Å². The van der Waals surface area contributed by atoms with Crippen molar-refractivity contribution in [2.24, 2.45) is 0 Å². The highest BCUT2D eigenvalue weighted by atomic mass is 16.5. The lowest BCUT2D eigenvalue weighted by molar-refractivity contribution is -0.136. The molecule has 1 aromatic carbocycles. The van der Waals surface area contributed by atoms with E-state index in [0.29, 0.717) is 22.5 Å². The van der Waals surface area contributed by atoms with Crippen LogP contribution < -0.4 is 15.7 Å². The Morgan fingerprint density at radius 3 is 2.58 bits per heavy atom. The Morgan fingerprint density at radius 2 is 1.96 bits per heavy atom. The van der Waals surface area contributed by atoms with E-state index < -0.39 is 17.5 Å². The Hall–Kier alpha value is -2.83. The van der Waals surface area contributed by atoms with Crippen LogP contribution in [-0.2, 0) is 16.0 Å². The smallest absolute Gasteiger partial charge is 0.340 e. The van der Waals surface area contributed by atoms with Gasteiger partial charge in [0.2, 0.25) is 5.91 Å². The van der Waals surface area contributed by atoms with Gasteiger partial charge >= 0.3 is 11.6 Å². The van der Waals surface area contributed by atoms with E-state index in [1.807, 2.05) is 0 Å². The number of hydrogen-bond donors (Lipinski definition) is 2. The van der Waals surface area contributed by atoms with Gasteiger partial charge in [-0.05, 0) is 31.5 Å². The zero-order valence-corrected chi connectivity index (χ0v) is 13.8. The number of carboxylic acid groups (broad SMARTS) is 1. The van der Waals surface area contributed by atoms with Crippen molar-refractivity contribution in [1.29, 1.82) is 0 Å². The lowest BCUT2D eigenvalue weighted by Crippen LogP contribution is -2.29. The van der Waals surface area contributed by atoms with Crippen LogP contribution in [0.5, 0.6) is 5.75 Å². The Labute approximate surface area is 138 Å². The van der Waals surface area contributed by atoms with Gasteiger partial charge in [0.15, 0.2) is 0 Å². The van der Waals surface area contributed by atoms with Crippen LogP contribution in [0.2, 0.25) is 0 Å². The molecule has 7 heteroatoms. The molecule has 0 fully saturated rings. The number of rotatable bonds is 6. The average Bonchev–Trinajstić information content (AvgIpc) is 2.52. The molecule has 0 aliphatic carbocycles. The molecule has 128 valence electrons. The molecule has 0 saturated carbocycles. The van der Waals surface area contributed by atoms with Gasteiger partial charge in [-0.25, -0.2) is 4.79 Å². The number of hydrogen-bond acceptors (Lipinski definition) is 5. The average molecular weight is 333 g/mol. The third kappa shape index (κ3) is 3.56. The van der Waals surface area contributed by atoms with Gasteiger partial charge in [0.25, 0.3) is 0 Å². The number of methoxy groups -OCH3 is 1. The number of carboxylic acids is 1. The maximum absolute atomic E-state index is 12.2. The van der Waals surface area contributed by atoms with Gasteiger partial charge in [0.1, 0.15) is 11.3 Å². The summed E-state index contributed by atoms with van der Waals surface area (Å²) in [5, 5.41) is 11.8. The van der Waals surface area contributed by atoms with Crippen LogP contribution in [0.25, 0.3) is 11.0 Å². The van der Waals surface area contributed by atoms with Crippen molar-refractivity contribution in [2.75, 3.05) is 13.7 Å². The third-order valence-electron chi connectivity index (χ3n) is 3.87. The maximum atomic E-state index is 12.2. The summed E-state index contributed by atoms with van der Waals surface area (Å²) < 4.78 is 10.6. The molecule has 0 aliphatic heterocycles. The molecule has 1 aromatic heterocycles. The number of nitrogens with one attached hydrogen (secondary N) is 1. The van der Waals surface area contributed by atoms with Crippen molar-refractivity contribution in [2.45, 2.75) is 26.7 Å². The summed E-state index contributed by atoms with van der Waals surface area (Å²) in [5.74, 6) is -0.804. The minimum Gasteiger partial charge on any atom is -0.496 e. The third-order valence-corrected chi connectivity index (χ3v) is 3.87. The lowest BCUT2D eigenvalue weighted by atomic mass is 10.0.